The van der Waals surface area contributed by atoms with E-state index in [1.807, 2.05) is 0 Å². The van der Waals surface area contributed by atoms with Crippen molar-refractivity contribution in [2.45, 2.75) is 0 Å². The first-order valence-corrected chi connectivity index (χ1v) is 5.95. The minimum atomic E-state index is -3.66. The van der Waals surface area contributed by atoms with Gasteiger partial charge >= 0.3 is 69.5 Å². The van der Waals surface area contributed by atoms with Gasteiger partial charge < -0.3 is 19.8 Å². The summed E-state index contributed by atoms with van der Waals surface area (Å²) in [4.78, 5) is 20.5. The van der Waals surface area contributed by atoms with Gasteiger partial charge in [-0.25, -0.2) is 0 Å². The molecule has 1 aromatic carbocycles. The van der Waals surface area contributed by atoms with Crippen LogP contribution < -0.4 is 69.3 Å². The monoisotopic (exact) mass is 336 g/mol. The zero-order valence-electron chi connectivity index (χ0n) is 12.0. The number of benzene rings is 1. The van der Waals surface area contributed by atoms with Crippen LogP contribution in [0.3, 0.4) is 0 Å². The van der Waals surface area contributed by atoms with Crippen molar-refractivity contribution in [3.05, 3.63) is 35.4 Å². The third-order valence-electron chi connectivity index (χ3n) is 1.74. The van der Waals surface area contributed by atoms with Gasteiger partial charge in [-0.2, -0.15) is 8.42 Å². The van der Waals surface area contributed by atoms with Crippen molar-refractivity contribution in [3.8, 4) is 0 Å². The van der Waals surface area contributed by atoms with Crippen molar-refractivity contribution < 1.29 is 95.7 Å². The SMILES string of the molecule is COS(=O)(=O)OC.O=C([O-])c1cccc(C(=O)[O-])c1.[Na+].[Na+]. The van der Waals surface area contributed by atoms with Gasteiger partial charge in [-0.15, -0.1) is 0 Å². The minimum absolute atomic E-state index is 0. The first-order chi connectivity index (χ1) is 8.73. The van der Waals surface area contributed by atoms with E-state index in [9.17, 15) is 28.2 Å². The topological polar surface area (TPSA) is 133 Å². The second-order valence-electron chi connectivity index (χ2n) is 2.90. The Labute approximate surface area is 166 Å². The Morgan fingerprint density at radius 2 is 1.29 bits per heavy atom. The Balaban J connectivity index is -0.000000317. The van der Waals surface area contributed by atoms with E-state index < -0.39 is 22.3 Å². The normalized spacial score (nSPS) is 9.24. The van der Waals surface area contributed by atoms with Crippen LogP contribution in [0.2, 0.25) is 0 Å². The van der Waals surface area contributed by atoms with Gasteiger partial charge in [-0.05, 0) is 17.2 Å². The molecule has 11 heteroatoms. The fourth-order valence-electron chi connectivity index (χ4n) is 0.841. The predicted octanol–water partition coefficient (Wildman–Crippen LogP) is -8.05. The molecule has 0 radical (unpaired) electrons. The van der Waals surface area contributed by atoms with Gasteiger partial charge in [0.15, 0.2) is 0 Å². The Bertz CT molecular complexity index is 519. The molecular formula is C10H10Na2O8S. The summed E-state index contributed by atoms with van der Waals surface area (Å²) >= 11 is 0. The number of carboxylic acid groups (broad SMARTS) is 2. The summed E-state index contributed by atoms with van der Waals surface area (Å²) in [5.41, 5.74) is -0.339. The van der Waals surface area contributed by atoms with Crippen LogP contribution in [0, 0.1) is 0 Å². The van der Waals surface area contributed by atoms with Gasteiger partial charge in [0, 0.05) is 0 Å². The number of rotatable bonds is 4. The molecule has 8 nitrogen and oxygen atoms in total. The van der Waals surface area contributed by atoms with Crippen molar-refractivity contribution >= 4 is 22.3 Å². The minimum Gasteiger partial charge on any atom is -0.545 e. The smallest absolute Gasteiger partial charge is 0.545 e. The number of aromatic carboxylic acids is 2. The molecule has 0 aliphatic rings. The molecule has 0 aliphatic heterocycles. The van der Waals surface area contributed by atoms with Crippen molar-refractivity contribution in [3.63, 3.8) is 0 Å². The summed E-state index contributed by atoms with van der Waals surface area (Å²) in [5, 5.41) is 20.5. The van der Waals surface area contributed by atoms with Gasteiger partial charge in [-0.3, -0.25) is 8.37 Å². The van der Waals surface area contributed by atoms with Crippen LogP contribution in [0.5, 0.6) is 0 Å². The number of hydrogen-bond donors (Lipinski definition) is 0. The molecule has 0 heterocycles. The summed E-state index contributed by atoms with van der Waals surface area (Å²) < 4.78 is 27.5. The van der Waals surface area contributed by atoms with Gasteiger partial charge in [0.1, 0.15) is 0 Å². The fourth-order valence-corrected chi connectivity index (χ4v) is 0.977. The fraction of sp³-hybridized carbons (Fsp3) is 0.200. The summed E-state index contributed by atoms with van der Waals surface area (Å²) in [6.07, 6.45) is 0. The van der Waals surface area contributed by atoms with E-state index in [1.165, 1.54) is 18.2 Å². The summed E-state index contributed by atoms with van der Waals surface area (Å²) in [7, 11) is -1.60. The van der Waals surface area contributed by atoms with Crippen molar-refractivity contribution in [1.29, 1.82) is 0 Å². The first kappa shape index (κ1) is 26.0. The van der Waals surface area contributed by atoms with E-state index in [0.29, 0.717) is 0 Å². The molecule has 0 atom stereocenters. The Morgan fingerprint density at radius 3 is 1.48 bits per heavy atom. The molecule has 0 spiro atoms. The van der Waals surface area contributed by atoms with E-state index in [1.54, 1.807) is 0 Å². The predicted molar refractivity (Wildman–Crippen MR) is 58.0 cm³/mol. The molecule has 21 heavy (non-hydrogen) atoms. The van der Waals surface area contributed by atoms with E-state index >= 15 is 0 Å². The second-order valence-corrected chi connectivity index (χ2v) is 4.38. The Kier molecular flexibility index (Phi) is 15.5. The number of carbonyl (C=O) groups is 2. The van der Waals surface area contributed by atoms with Crippen molar-refractivity contribution in [2.75, 3.05) is 14.2 Å². The average molecular weight is 336 g/mol. The summed E-state index contributed by atoms with van der Waals surface area (Å²) in [5.74, 6) is -2.81. The molecule has 0 unspecified atom stereocenters. The van der Waals surface area contributed by atoms with Gasteiger partial charge in [0.25, 0.3) is 0 Å². The molecule has 1 aromatic rings. The van der Waals surface area contributed by atoms with Crippen LogP contribution in [0.15, 0.2) is 24.3 Å². The van der Waals surface area contributed by atoms with Crippen LogP contribution in [0.4, 0.5) is 0 Å². The molecule has 0 N–H and O–H groups in total. The first-order valence-electron chi connectivity index (χ1n) is 4.62. The molecule has 0 bridgehead atoms. The van der Waals surface area contributed by atoms with Crippen LogP contribution in [-0.2, 0) is 18.8 Å². The third-order valence-corrected chi connectivity index (χ3v) is 2.56. The van der Waals surface area contributed by atoms with Gasteiger partial charge in [-0.1, -0.05) is 18.2 Å². The van der Waals surface area contributed by atoms with E-state index in [0.717, 1.165) is 20.3 Å². The second kappa shape index (κ2) is 12.6. The molecule has 0 saturated heterocycles. The standard InChI is InChI=1S/C8H6O4.C2H6O4S.2Na/c9-7(10)5-2-1-3-6(4-5)8(11)12;1-5-7(3,4)6-2;;/h1-4H,(H,9,10)(H,11,12);1-2H3;;/q;;2*+1/p-2. The van der Waals surface area contributed by atoms with Gasteiger partial charge in [0.2, 0.25) is 0 Å². The third kappa shape index (κ3) is 11.3. The van der Waals surface area contributed by atoms with Crippen LogP contribution in [0.25, 0.3) is 0 Å². The van der Waals surface area contributed by atoms with Crippen molar-refractivity contribution in [2.24, 2.45) is 0 Å². The quantitative estimate of drug-likeness (QED) is 0.495. The molecule has 0 amide bonds. The summed E-state index contributed by atoms with van der Waals surface area (Å²) in [6, 6.07) is 4.81. The molecule has 1 rings (SSSR count). The molecule has 0 saturated carbocycles. The zero-order valence-corrected chi connectivity index (χ0v) is 16.8. The number of carboxylic acids is 2. The number of carbonyl (C=O) groups excluding carboxylic acids is 2. The molecule has 106 valence electrons. The molecule has 0 aliphatic carbocycles. The average Bonchev–Trinajstić information content (AvgIpc) is 2.39. The van der Waals surface area contributed by atoms with Gasteiger partial charge in [0.05, 0.1) is 26.2 Å². The van der Waals surface area contributed by atoms with Crippen molar-refractivity contribution in [1.82, 2.24) is 0 Å². The molecule has 0 aromatic heterocycles. The molecular weight excluding hydrogens is 326 g/mol. The van der Waals surface area contributed by atoms with E-state index in [2.05, 4.69) is 8.37 Å². The maximum absolute atomic E-state index is 10.3. The van der Waals surface area contributed by atoms with Crippen LogP contribution in [0.1, 0.15) is 20.7 Å². The van der Waals surface area contributed by atoms with E-state index in [-0.39, 0.29) is 70.2 Å². The largest absolute Gasteiger partial charge is 1.00 e. The molecule has 0 fully saturated rings. The maximum atomic E-state index is 10.3. The van der Waals surface area contributed by atoms with Crippen LogP contribution in [-0.4, -0.2) is 34.6 Å². The zero-order chi connectivity index (χ0) is 15.1. The number of hydrogen-bond acceptors (Lipinski definition) is 8. The van der Waals surface area contributed by atoms with Crippen LogP contribution >= 0.6 is 0 Å². The maximum Gasteiger partial charge on any atom is 1.00 e. The van der Waals surface area contributed by atoms with E-state index in [4.69, 9.17) is 0 Å². The Hall–Kier alpha value is 0.0300. The summed E-state index contributed by atoms with van der Waals surface area (Å²) in [6.45, 7) is 0. The Morgan fingerprint density at radius 1 is 0.952 bits per heavy atom.